The first-order chi connectivity index (χ1) is 8.42. The molecule has 0 N–H and O–H groups in total. The monoisotopic (exact) mass is 257 g/mol. The van der Waals surface area contributed by atoms with Crippen LogP contribution in [0.1, 0.15) is 53.4 Å². The maximum Gasteiger partial charge on any atom is 0.325 e. The summed E-state index contributed by atoms with van der Waals surface area (Å²) in [6.45, 7) is 7.77. The molecule has 0 fully saturated rings. The Bertz CT molecular complexity index is 264. The minimum atomic E-state index is -0.341. The summed E-state index contributed by atoms with van der Waals surface area (Å²) >= 11 is 0. The van der Waals surface area contributed by atoms with Crippen molar-refractivity contribution < 1.29 is 14.3 Å². The summed E-state index contributed by atoms with van der Waals surface area (Å²) in [6.07, 6.45) is 3.72. The van der Waals surface area contributed by atoms with E-state index in [2.05, 4.69) is 6.92 Å². The zero-order valence-corrected chi connectivity index (χ0v) is 12.4. The number of nitrogens with zero attached hydrogens (tertiary/aromatic N) is 1. The van der Waals surface area contributed by atoms with Gasteiger partial charge in [-0.3, -0.25) is 9.59 Å². The second kappa shape index (κ2) is 8.95. The van der Waals surface area contributed by atoms with Crippen LogP contribution in [0.2, 0.25) is 0 Å². The van der Waals surface area contributed by atoms with E-state index in [1.54, 1.807) is 20.9 Å². The number of ether oxygens (including phenoxy) is 1. The van der Waals surface area contributed by atoms with Crippen LogP contribution in [0.15, 0.2) is 0 Å². The lowest BCUT2D eigenvalue weighted by molar-refractivity contribution is -0.152. The molecule has 0 saturated heterocycles. The van der Waals surface area contributed by atoms with Crippen molar-refractivity contribution in [2.45, 2.75) is 59.5 Å². The van der Waals surface area contributed by atoms with Gasteiger partial charge in [0.2, 0.25) is 5.91 Å². The lowest BCUT2D eigenvalue weighted by atomic mass is 9.98. The lowest BCUT2D eigenvalue weighted by Gasteiger charge is -2.22. The molecule has 0 rings (SSSR count). The van der Waals surface area contributed by atoms with E-state index in [-0.39, 0.29) is 30.4 Å². The predicted molar refractivity (Wildman–Crippen MR) is 72.2 cm³/mol. The lowest BCUT2D eigenvalue weighted by Crippen LogP contribution is -2.37. The number of amides is 1. The Balaban J connectivity index is 4.25. The second-order valence-electron chi connectivity index (χ2n) is 4.98. The summed E-state index contributed by atoms with van der Waals surface area (Å²) in [5, 5.41) is 0. The summed E-state index contributed by atoms with van der Waals surface area (Å²) in [7, 11) is 1.67. The number of likely N-dealkylation sites (N-methyl/N-ethyl adjacent to an activating group) is 1. The van der Waals surface area contributed by atoms with Gasteiger partial charge in [-0.05, 0) is 26.7 Å². The van der Waals surface area contributed by atoms with Crippen molar-refractivity contribution in [3.05, 3.63) is 0 Å². The second-order valence-corrected chi connectivity index (χ2v) is 4.98. The van der Waals surface area contributed by atoms with Gasteiger partial charge in [-0.15, -0.1) is 0 Å². The minimum absolute atomic E-state index is 0.0294. The standard InChI is InChI=1S/C14H27NO3/c1-6-8-9-12(7-2)14(17)15(5)10-13(16)18-11(3)4/h11-12H,6-10H2,1-5H3. The molecule has 1 amide bonds. The van der Waals surface area contributed by atoms with E-state index in [0.717, 1.165) is 25.7 Å². The molecule has 4 heteroatoms. The highest BCUT2D eigenvalue weighted by atomic mass is 16.5. The van der Waals surface area contributed by atoms with Gasteiger partial charge in [-0.25, -0.2) is 0 Å². The predicted octanol–water partition coefficient (Wildman–Crippen LogP) is 2.61. The van der Waals surface area contributed by atoms with Gasteiger partial charge in [0.1, 0.15) is 6.54 Å². The highest BCUT2D eigenvalue weighted by Crippen LogP contribution is 2.15. The largest absolute Gasteiger partial charge is 0.462 e. The van der Waals surface area contributed by atoms with Crippen LogP contribution in [-0.2, 0) is 14.3 Å². The third-order valence-corrected chi connectivity index (χ3v) is 2.86. The van der Waals surface area contributed by atoms with Crippen LogP contribution in [0.5, 0.6) is 0 Å². The fourth-order valence-corrected chi connectivity index (χ4v) is 1.84. The van der Waals surface area contributed by atoms with Crippen LogP contribution < -0.4 is 0 Å². The molecule has 0 aromatic rings. The number of carbonyl (C=O) groups excluding carboxylic acids is 2. The first-order valence-corrected chi connectivity index (χ1v) is 6.86. The Labute approximate surface area is 111 Å². The molecule has 0 radical (unpaired) electrons. The molecule has 1 unspecified atom stereocenters. The molecule has 0 aliphatic heterocycles. The molecule has 0 spiro atoms. The van der Waals surface area contributed by atoms with Gasteiger partial charge in [0.05, 0.1) is 6.10 Å². The molecule has 0 aliphatic carbocycles. The molecule has 0 aliphatic rings. The summed E-state index contributed by atoms with van der Waals surface area (Å²) in [4.78, 5) is 25.1. The highest BCUT2D eigenvalue weighted by molar-refractivity contribution is 5.83. The Morgan fingerprint density at radius 3 is 2.28 bits per heavy atom. The zero-order valence-electron chi connectivity index (χ0n) is 12.4. The van der Waals surface area contributed by atoms with Crippen molar-refractivity contribution in [2.24, 2.45) is 5.92 Å². The molecule has 18 heavy (non-hydrogen) atoms. The molecule has 0 heterocycles. The normalized spacial score (nSPS) is 12.3. The number of hydrogen-bond donors (Lipinski definition) is 0. The number of hydrogen-bond acceptors (Lipinski definition) is 3. The molecule has 106 valence electrons. The summed E-state index contributed by atoms with van der Waals surface area (Å²) < 4.78 is 5.03. The maximum absolute atomic E-state index is 12.1. The number of unbranched alkanes of at least 4 members (excludes halogenated alkanes) is 1. The Hall–Kier alpha value is -1.06. The molecule has 4 nitrogen and oxygen atoms in total. The van der Waals surface area contributed by atoms with Crippen molar-refractivity contribution in [3.63, 3.8) is 0 Å². The first kappa shape index (κ1) is 16.9. The van der Waals surface area contributed by atoms with Gasteiger partial charge < -0.3 is 9.64 Å². The third kappa shape index (κ3) is 6.62. The fraction of sp³-hybridized carbons (Fsp3) is 0.857. The van der Waals surface area contributed by atoms with Crippen LogP contribution in [0.4, 0.5) is 0 Å². The number of esters is 1. The van der Waals surface area contributed by atoms with E-state index in [4.69, 9.17) is 4.74 Å². The number of carbonyl (C=O) groups is 2. The van der Waals surface area contributed by atoms with E-state index in [0.29, 0.717) is 0 Å². The SMILES string of the molecule is CCCCC(CC)C(=O)N(C)CC(=O)OC(C)C. The quantitative estimate of drug-likeness (QED) is 0.628. The van der Waals surface area contributed by atoms with Crippen molar-refractivity contribution in [1.82, 2.24) is 4.90 Å². The minimum Gasteiger partial charge on any atom is -0.462 e. The van der Waals surface area contributed by atoms with E-state index < -0.39 is 0 Å². The number of rotatable bonds is 8. The average Bonchev–Trinajstić information content (AvgIpc) is 2.28. The third-order valence-electron chi connectivity index (χ3n) is 2.86. The Morgan fingerprint density at radius 2 is 1.83 bits per heavy atom. The van der Waals surface area contributed by atoms with E-state index in [1.807, 2.05) is 6.92 Å². The molecular formula is C14H27NO3. The summed E-state index contributed by atoms with van der Waals surface area (Å²) in [6, 6.07) is 0. The fourth-order valence-electron chi connectivity index (χ4n) is 1.84. The van der Waals surface area contributed by atoms with Gasteiger partial charge in [0.15, 0.2) is 0 Å². The van der Waals surface area contributed by atoms with Crippen molar-refractivity contribution in [2.75, 3.05) is 13.6 Å². The van der Waals surface area contributed by atoms with Crippen molar-refractivity contribution >= 4 is 11.9 Å². The molecule has 0 aromatic carbocycles. The van der Waals surface area contributed by atoms with Gasteiger partial charge in [-0.2, -0.15) is 0 Å². The zero-order chi connectivity index (χ0) is 14.1. The molecule has 0 aromatic heterocycles. The van der Waals surface area contributed by atoms with Crippen LogP contribution in [0.25, 0.3) is 0 Å². The first-order valence-electron chi connectivity index (χ1n) is 6.86. The van der Waals surface area contributed by atoms with Crippen LogP contribution in [0, 0.1) is 5.92 Å². The van der Waals surface area contributed by atoms with Crippen molar-refractivity contribution in [1.29, 1.82) is 0 Å². The van der Waals surface area contributed by atoms with Crippen molar-refractivity contribution in [3.8, 4) is 0 Å². The molecule has 0 saturated carbocycles. The topological polar surface area (TPSA) is 46.6 Å². The van der Waals surface area contributed by atoms with E-state index in [9.17, 15) is 9.59 Å². The maximum atomic E-state index is 12.1. The van der Waals surface area contributed by atoms with Gasteiger partial charge in [0.25, 0.3) is 0 Å². The molecular weight excluding hydrogens is 230 g/mol. The Kier molecular flexibility index (Phi) is 8.42. The van der Waals surface area contributed by atoms with Gasteiger partial charge >= 0.3 is 5.97 Å². The van der Waals surface area contributed by atoms with Crippen LogP contribution >= 0.6 is 0 Å². The summed E-state index contributed by atoms with van der Waals surface area (Å²) in [5.41, 5.74) is 0. The highest BCUT2D eigenvalue weighted by Gasteiger charge is 2.22. The summed E-state index contributed by atoms with van der Waals surface area (Å²) in [5.74, 6) is -0.264. The van der Waals surface area contributed by atoms with Crippen LogP contribution in [0.3, 0.4) is 0 Å². The van der Waals surface area contributed by atoms with Crippen LogP contribution in [-0.4, -0.2) is 36.5 Å². The smallest absolute Gasteiger partial charge is 0.325 e. The van der Waals surface area contributed by atoms with E-state index >= 15 is 0 Å². The van der Waals surface area contributed by atoms with E-state index in [1.165, 1.54) is 4.90 Å². The van der Waals surface area contributed by atoms with Gasteiger partial charge in [-0.1, -0.05) is 26.7 Å². The van der Waals surface area contributed by atoms with Gasteiger partial charge in [0, 0.05) is 13.0 Å². The average molecular weight is 257 g/mol. The molecule has 1 atom stereocenters. The Morgan fingerprint density at radius 1 is 1.22 bits per heavy atom. The molecule has 0 bridgehead atoms.